The molecule has 3 aromatic rings. The maximum absolute atomic E-state index is 12.4. The standard InChI is InChI=1S/C30H43N7O2/c1-6-39-30(10-13-34(14-11-30)23(4)5)25-7-8-26(31-20-25)24-19-28-27(9-12-32-37(28)21-24)35-15-17-36(18-16-35)29(38)33-22(2)3/h7-9,12,19-23H,6,10-11,13-18H2,1-5H3,(H,33,38). The van der Waals surface area contributed by atoms with E-state index in [1.54, 1.807) is 0 Å². The highest BCUT2D eigenvalue weighted by molar-refractivity contribution is 5.79. The van der Waals surface area contributed by atoms with Gasteiger partial charge >= 0.3 is 6.03 Å². The number of piperazine rings is 1. The number of pyridine rings is 1. The lowest BCUT2D eigenvalue weighted by atomic mass is 9.84. The zero-order valence-corrected chi connectivity index (χ0v) is 24.1. The van der Waals surface area contributed by atoms with Gasteiger partial charge < -0.3 is 24.8 Å². The van der Waals surface area contributed by atoms with Crippen molar-refractivity contribution >= 4 is 17.2 Å². The van der Waals surface area contributed by atoms with E-state index in [1.165, 1.54) is 5.56 Å². The third-order valence-electron chi connectivity index (χ3n) is 8.15. The number of aromatic nitrogens is 3. The van der Waals surface area contributed by atoms with Crippen LogP contribution in [-0.2, 0) is 10.3 Å². The van der Waals surface area contributed by atoms with Crippen molar-refractivity contribution in [1.29, 1.82) is 0 Å². The van der Waals surface area contributed by atoms with E-state index in [4.69, 9.17) is 9.72 Å². The van der Waals surface area contributed by atoms with E-state index in [2.05, 4.69) is 65.3 Å². The molecule has 5 rings (SSSR count). The van der Waals surface area contributed by atoms with E-state index in [1.807, 2.05) is 41.9 Å². The number of hydrogen-bond donors (Lipinski definition) is 1. The molecule has 0 bridgehead atoms. The molecular formula is C30H43N7O2. The van der Waals surface area contributed by atoms with Gasteiger partial charge in [0, 0.05) is 87.7 Å². The number of hydrogen-bond acceptors (Lipinski definition) is 6. The second-order valence-corrected chi connectivity index (χ2v) is 11.3. The van der Waals surface area contributed by atoms with Gasteiger partial charge in [-0.1, -0.05) is 6.07 Å². The summed E-state index contributed by atoms with van der Waals surface area (Å²) in [6.07, 6.45) is 7.86. The Morgan fingerprint density at radius 1 is 1.05 bits per heavy atom. The van der Waals surface area contributed by atoms with Crippen LogP contribution in [0.1, 0.15) is 53.0 Å². The summed E-state index contributed by atoms with van der Waals surface area (Å²) in [6, 6.07) is 9.25. The van der Waals surface area contributed by atoms with Crippen LogP contribution in [0.25, 0.3) is 16.8 Å². The Labute approximate surface area is 232 Å². The van der Waals surface area contributed by atoms with E-state index in [-0.39, 0.29) is 17.7 Å². The van der Waals surface area contributed by atoms with Gasteiger partial charge in [0.1, 0.15) is 0 Å². The first-order valence-corrected chi connectivity index (χ1v) is 14.4. The molecule has 39 heavy (non-hydrogen) atoms. The van der Waals surface area contributed by atoms with Crippen LogP contribution in [0.3, 0.4) is 0 Å². The van der Waals surface area contributed by atoms with Crippen LogP contribution in [0.2, 0.25) is 0 Å². The summed E-state index contributed by atoms with van der Waals surface area (Å²) in [6.45, 7) is 16.3. The van der Waals surface area contributed by atoms with Crippen molar-refractivity contribution in [2.45, 2.75) is 65.1 Å². The van der Waals surface area contributed by atoms with Gasteiger partial charge in [-0.15, -0.1) is 0 Å². The minimum Gasteiger partial charge on any atom is -0.370 e. The second kappa shape index (κ2) is 11.5. The molecule has 5 heterocycles. The SMILES string of the molecule is CCOC1(c2ccc(-c3cc4c(N5CCN(C(=O)NC(C)C)CC5)ccnn4c3)nc2)CCN(C(C)C)CC1. The van der Waals surface area contributed by atoms with E-state index >= 15 is 0 Å². The molecule has 2 fully saturated rings. The molecule has 0 aromatic carbocycles. The minimum atomic E-state index is -0.264. The quantitative estimate of drug-likeness (QED) is 0.486. The molecule has 2 saturated heterocycles. The van der Waals surface area contributed by atoms with Crippen molar-refractivity contribution in [1.82, 2.24) is 29.7 Å². The normalized spacial score (nSPS) is 18.3. The molecular weight excluding hydrogens is 490 g/mol. The second-order valence-electron chi connectivity index (χ2n) is 11.3. The monoisotopic (exact) mass is 533 g/mol. The van der Waals surface area contributed by atoms with Crippen LogP contribution in [0, 0.1) is 0 Å². The Kier molecular flexibility index (Phi) is 8.09. The summed E-state index contributed by atoms with van der Waals surface area (Å²) in [7, 11) is 0. The van der Waals surface area contributed by atoms with Gasteiger partial charge in [0.15, 0.2) is 0 Å². The zero-order valence-electron chi connectivity index (χ0n) is 24.1. The molecule has 0 saturated carbocycles. The van der Waals surface area contributed by atoms with Gasteiger partial charge in [0.2, 0.25) is 0 Å². The predicted octanol–water partition coefficient (Wildman–Crippen LogP) is 4.37. The Hall–Kier alpha value is -3.17. The Bertz CT molecular complexity index is 1250. The van der Waals surface area contributed by atoms with Crippen LogP contribution < -0.4 is 10.2 Å². The molecule has 2 amide bonds. The number of carbonyl (C=O) groups excluding carboxylic acids is 1. The lowest BCUT2D eigenvalue weighted by Crippen LogP contribution is -2.53. The highest BCUT2D eigenvalue weighted by Crippen LogP contribution is 2.38. The number of ether oxygens (including phenoxy) is 1. The molecule has 0 unspecified atom stereocenters. The number of fused-ring (bicyclic) bond motifs is 1. The fraction of sp³-hybridized carbons (Fsp3) is 0.567. The van der Waals surface area contributed by atoms with Crippen molar-refractivity contribution in [2.24, 2.45) is 0 Å². The fourth-order valence-corrected chi connectivity index (χ4v) is 5.92. The number of likely N-dealkylation sites (tertiary alicyclic amines) is 1. The number of rotatable bonds is 7. The first-order valence-electron chi connectivity index (χ1n) is 14.4. The third-order valence-corrected chi connectivity index (χ3v) is 8.15. The molecule has 0 atom stereocenters. The molecule has 9 nitrogen and oxygen atoms in total. The molecule has 0 radical (unpaired) electrons. The summed E-state index contributed by atoms with van der Waals surface area (Å²) in [5.74, 6) is 0. The van der Waals surface area contributed by atoms with Crippen LogP contribution in [0.4, 0.5) is 10.5 Å². The van der Waals surface area contributed by atoms with E-state index in [9.17, 15) is 4.79 Å². The van der Waals surface area contributed by atoms with E-state index in [0.29, 0.717) is 25.7 Å². The number of nitrogens with one attached hydrogen (secondary N) is 1. The van der Waals surface area contributed by atoms with E-state index in [0.717, 1.165) is 61.5 Å². The molecule has 210 valence electrons. The lowest BCUT2D eigenvalue weighted by molar-refractivity contribution is -0.0888. The van der Waals surface area contributed by atoms with Crippen molar-refractivity contribution < 1.29 is 9.53 Å². The Morgan fingerprint density at radius 3 is 2.41 bits per heavy atom. The first kappa shape index (κ1) is 27.4. The summed E-state index contributed by atoms with van der Waals surface area (Å²) in [4.78, 5) is 24.1. The fourth-order valence-electron chi connectivity index (χ4n) is 5.92. The summed E-state index contributed by atoms with van der Waals surface area (Å²) in [5, 5.41) is 7.57. The number of carbonyl (C=O) groups is 1. The highest BCUT2D eigenvalue weighted by atomic mass is 16.5. The minimum absolute atomic E-state index is 0.0145. The topological polar surface area (TPSA) is 78.2 Å². The number of piperidine rings is 1. The van der Waals surface area contributed by atoms with Crippen molar-refractivity contribution in [3.63, 3.8) is 0 Å². The molecule has 1 N–H and O–H groups in total. The van der Waals surface area contributed by atoms with E-state index < -0.39 is 0 Å². The Morgan fingerprint density at radius 2 is 1.79 bits per heavy atom. The molecule has 9 heteroatoms. The van der Waals surface area contributed by atoms with Crippen molar-refractivity contribution in [2.75, 3.05) is 50.8 Å². The average Bonchev–Trinajstić information content (AvgIpc) is 3.38. The summed E-state index contributed by atoms with van der Waals surface area (Å²) < 4.78 is 8.32. The van der Waals surface area contributed by atoms with Gasteiger partial charge in [-0.25, -0.2) is 9.31 Å². The molecule has 3 aromatic heterocycles. The number of amides is 2. The number of nitrogens with zero attached hydrogens (tertiary/aromatic N) is 6. The molecule has 2 aliphatic heterocycles. The molecule has 0 aliphatic carbocycles. The van der Waals surface area contributed by atoms with Crippen molar-refractivity contribution in [3.8, 4) is 11.3 Å². The highest BCUT2D eigenvalue weighted by Gasteiger charge is 2.37. The van der Waals surface area contributed by atoms with Crippen LogP contribution in [-0.4, -0.2) is 88.4 Å². The van der Waals surface area contributed by atoms with Gasteiger partial charge in [-0.2, -0.15) is 5.10 Å². The average molecular weight is 534 g/mol. The largest absolute Gasteiger partial charge is 0.370 e. The molecule has 2 aliphatic rings. The zero-order chi connectivity index (χ0) is 27.6. The van der Waals surface area contributed by atoms with Gasteiger partial charge in [-0.05, 0) is 65.7 Å². The lowest BCUT2D eigenvalue weighted by Gasteiger charge is -2.43. The molecule has 0 spiro atoms. The van der Waals surface area contributed by atoms with Gasteiger partial charge in [0.25, 0.3) is 0 Å². The van der Waals surface area contributed by atoms with Crippen molar-refractivity contribution in [3.05, 3.63) is 48.4 Å². The number of anilines is 1. The smallest absolute Gasteiger partial charge is 0.317 e. The Balaban J connectivity index is 1.33. The summed E-state index contributed by atoms with van der Waals surface area (Å²) >= 11 is 0. The third kappa shape index (κ3) is 5.75. The van der Waals surface area contributed by atoms with Crippen LogP contribution in [0.5, 0.6) is 0 Å². The van der Waals surface area contributed by atoms with Gasteiger partial charge in [-0.3, -0.25) is 4.98 Å². The summed E-state index contributed by atoms with van der Waals surface area (Å²) in [5.41, 5.74) is 5.04. The maximum Gasteiger partial charge on any atom is 0.317 e. The first-order chi connectivity index (χ1) is 18.8. The van der Waals surface area contributed by atoms with Crippen LogP contribution >= 0.6 is 0 Å². The predicted molar refractivity (Wildman–Crippen MR) is 155 cm³/mol. The number of urea groups is 1. The van der Waals surface area contributed by atoms with Gasteiger partial charge in [0.05, 0.1) is 22.5 Å². The maximum atomic E-state index is 12.4. The van der Waals surface area contributed by atoms with Crippen LogP contribution in [0.15, 0.2) is 42.9 Å².